The van der Waals surface area contributed by atoms with Crippen molar-refractivity contribution < 1.29 is 4.79 Å². The molecular weight excluding hydrogens is 190 g/mol. The second-order valence-electron chi connectivity index (χ2n) is 5.21. The molecule has 88 valence electrons. The van der Waals surface area contributed by atoms with Crippen molar-refractivity contribution in [1.29, 1.82) is 0 Å². The maximum absolute atomic E-state index is 11.3. The minimum Gasteiger partial charge on any atom is -0.352 e. The lowest BCUT2D eigenvalue weighted by atomic mass is 10.1. The quantitative estimate of drug-likeness (QED) is 0.710. The summed E-state index contributed by atoms with van der Waals surface area (Å²) in [5, 5.41) is 3.02. The van der Waals surface area contributed by atoms with Gasteiger partial charge >= 0.3 is 0 Å². The Balaban J connectivity index is 2.34. The van der Waals surface area contributed by atoms with Gasteiger partial charge in [0.05, 0.1) is 0 Å². The SMILES string of the molecule is CC(C)(C)N1CCC(NC(=O)CCN)C1. The molecule has 1 unspecified atom stereocenters. The summed E-state index contributed by atoms with van der Waals surface area (Å²) < 4.78 is 0. The first-order valence-corrected chi connectivity index (χ1v) is 5.68. The topological polar surface area (TPSA) is 58.4 Å². The van der Waals surface area contributed by atoms with Gasteiger partial charge in [0.25, 0.3) is 0 Å². The van der Waals surface area contributed by atoms with E-state index in [4.69, 9.17) is 5.73 Å². The largest absolute Gasteiger partial charge is 0.352 e. The van der Waals surface area contributed by atoms with E-state index >= 15 is 0 Å². The van der Waals surface area contributed by atoms with Gasteiger partial charge in [-0.3, -0.25) is 9.69 Å². The number of hydrogen-bond acceptors (Lipinski definition) is 3. The average molecular weight is 213 g/mol. The molecule has 0 aliphatic carbocycles. The van der Waals surface area contributed by atoms with Crippen LogP contribution >= 0.6 is 0 Å². The fraction of sp³-hybridized carbons (Fsp3) is 0.909. The first-order valence-electron chi connectivity index (χ1n) is 5.68. The first-order chi connectivity index (χ1) is 6.93. The summed E-state index contributed by atoms with van der Waals surface area (Å²) in [6.45, 7) is 9.07. The maximum Gasteiger partial charge on any atom is 0.221 e. The third-order valence-electron chi connectivity index (χ3n) is 2.87. The van der Waals surface area contributed by atoms with Gasteiger partial charge in [0.15, 0.2) is 0 Å². The number of nitrogens with two attached hydrogens (primary N) is 1. The summed E-state index contributed by atoms with van der Waals surface area (Å²) in [6, 6.07) is 0.309. The van der Waals surface area contributed by atoms with Gasteiger partial charge in [0.2, 0.25) is 5.91 Å². The Morgan fingerprint density at radius 2 is 2.20 bits per heavy atom. The third kappa shape index (κ3) is 3.80. The van der Waals surface area contributed by atoms with Gasteiger partial charge < -0.3 is 11.1 Å². The van der Waals surface area contributed by atoms with Gasteiger partial charge in [-0.15, -0.1) is 0 Å². The van der Waals surface area contributed by atoms with Crippen LogP contribution in [-0.2, 0) is 4.79 Å². The molecule has 0 bridgehead atoms. The van der Waals surface area contributed by atoms with E-state index in [1.54, 1.807) is 0 Å². The summed E-state index contributed by atoms with van der Waals surface area (Å²) in [5.74, 6) is 0.0817. The Labute approximate surface area is 92.2 Å². The molecule has 3 N–H and O–H groups in total. The number of carbonyl (C=O) groups excluding carboxylic acids is 1. The highest BCUT2D eigenvalue weighted by Crippen LogP contribution is 2.20. The number of nitrogens with zero attached hydrogens (tertiary/aromatic N) is 1. The van der Waals surface area contributed by atoms with E-state index in [2.05, 4.69) is 31.0 Å². The molecule has 1 fully saturated rings. The van der Waals surface area contributed by atoms with Gasteiger partial charge in [-0.25, -0.2) is 0 Å². The number of amides is 1. The third-order valence-corrected chi connectivity index (χ3v) is 2.87. The zero-order chi connectivity index (χ0) is 11.5. The lowest BCUT2D eigenvalue weighted by Crippen LogP contribution is -2.43. The highest BCUT2D eigenvalue weighted by atomic mass is 16.1. The number of carbonyl (C=O) groups is 1. The van der Waals surface area contributed by atoms with Crippen molar-refractivity contribution in [1.82, 2.24) is 10.2 Å². The summed E-state index contributed by atoms with van der Waals surface area (Å²) in [7, 11) is 0. The van der Waals surface area contributed by atoms with Gasteiger partial charge in [-0.1, -0.05) is 0 Å². The van der Waals surface area contributed by atoms with Crippen LogP contribution in [0.3, 0.4) is 0 Å². The minimum absolute atomic E-state index is 0.0817. The monoisotopic (exact) mass is 213 g/mol. The van der Waals surface area contributed by atoms with E-state index in [0.29, 0.717) is 19.0 Å². The van der Waals surface area contributed by atoms with Crippen molar-refractivity contribution in [3.05, 3.63) is 0 Å². The van der Waals surface area contributed by atoms with E-state index in [9.17, 15) is 4.79 Å². The molecule has 0 saturated carbocycles. The minimum atomic E-state index is 0.0817. The fourth-order valence-electron chi connectivity index (χ4n) is 1.92. The smallest absolute Gasteiger partial charge is 0.221 e. The molecule has 1 aliphatic rings. The Bertz CT molecular complexity index is 222. The highest BCUT2D eigenvalue weighted by Gasteiger charge is 2.30. The molecule has 0 spiro atoms. The number of likely N-dealkylation sites (tertiary alicyclic amines) is 1. The molecule has 1 saturated heterocycles. The molecule has 0 aromatic heterocycles. The fourth-order valence-corrected chi connectivity index (χ4v) is 1.92. The van der Waals surface area contributed by atoms with Crippen LogP contribution in [0, 0.1) is 0 Å². The van der Waals surface area contributed by atoms with Crippen LogP contribution in [0.2, 0.25) is 0 Å². The van der Waals surface area contributed by atoms with Crippen LogP contribution in [0.5, 0.6) is 0 Å². The van der Waals surface area contributed by atoms with Crippen LogP contribution < -0.4 is 11.1 Å². The van der Waals surface area contributed by atoms with Crippen molar-refractivity contribution in [2.75, 3.05) is 19.6 Å². The second-order valence-corrected chi connectivity index (χ2v) is 5.21. The average Bonchev–Trinajstić information content (AvgIpc) is 2.52. The Morgan fingerprint density at radius 1 is 1.53 bits per heavy atom. The van der Waals surface area contributed by atoms with Gasteiger partial charge in [0.1, 0.15) is 0 Å². The molecule has 1 aliphatic heterocycles. The second kappa shape index (κ2) is 4.94. The van der Waals surface area contributed by atoms with E-state index in [1.807, 2.05) is 0 Å². The van der Waals surface area contributed by atoms with Crippen molar-refractivity contribution in [3.8, 4) is 0 Å². The number of rotatable bonds is 3. The number of hydrogen-bond donors (Lipinski definition) is 2. The molecule has 0 radical (unpaired) electrons. The van der Waals surface area contributed by atoms with Gasteiger partial charge in [-0.2, -0.15) is 0 Å². The Kier molecular flexibility index (Phi) is 4.11. The first kappa shape index (κ1) is 12.5. The zero-order valence-electron chi connectivity index (χ0n) is 10.0. The molecule has 0 aromatic rings. The Morgan fingerprint density at radius 3 is 2.67 bits per heavy atom. The van der Waals surface area contributed by atoms with E-state index in [-0.39, 0.29) is 11.4 Å². The lowest BCUT2D eigenvalue weighted by molar-refractivity contribution is -0.121. The molecule has 1 rings (SSSR count). The standard InChI is InChI=1S/C11H23N3O/c1-11(2,3)14-7-5-9(8-14)13-10(15)4-6-12/h9H,4-8,12H2,1-3H3,(H,13,15). The van der Waals surface area contributed by atoms with Crippen LogP contribution in [0.4, 0.5) is 0 Å². The van der Waals surface area contributed by atoms with Crippen molar-refractivity contribution in [2.24, 2.45) is 5.73 Å². The Hall–Kier alpha value is -0.610. The van der Waals surface area contributed by atoms with Crippen LogP contribution in [0.15, 0.2) is 0 Å². The van der Waals surface area contributed by atoms with Crippen molar-refractivity contribution in [2.45, 2.75) is 45.2 Å². The molecule has 1 heterocycles. The number of nitrogens with one attached hydrogen (secondary N) is 1. The van der Waals surface area contributed by atoms with E-state index in [0.717, 1.165) is 19.5 Å². The molecule has 1 amide bonds. The summed E-state index contributed by atoms with van der Waals surface area (Å²) in [4.78, 5) is 13.7. The molecule has 15 heavy (non-hydrogen) atoms. The molecule has 4 nitrogen and oxygen atoms in total. The van der Waals surface area contributed by atoms with Gasteiger partial charge in [-0.05, 0) is 27.2 Å². The van der Waals surface area contributed by atoms with Crippen molar-refractivity contribution >= 4 is 5.91 Å². The maximum atomic E-state index is 11.3. The lowest BCUT2D eigenvalue weighted by Gasteiger charge is -2.31. The summed E-state index contributed by atoms with van der Waals surface area (Å²) in [6.07, 6.45) is 1.49. The summed E-state index contributed by atoms with van der Waals surface area (Å²) >= 11 is 0. The summed E-state index contributed by atoms with van der Waals surface area (Å²) in [5.41, 5.74) is 5.53. The van der Waals surface area contributed by atoms with Crippen LogP contribution in [0.1, 0.15) is 33.6 Å². The van der Waals surface area contributed by atoms with E-state index < -0.39 is 0 Å². The predicted octanol–water partition coefficient (Wildman–Crippen LogP) is 0.324. The highest BCUT2D eigenvalue weighted by molar-refractivity contribution is 5.76. The van der Waals surface area contributed by atoms with Crippen LogP contribution in [-0.4, -0.2) is 42.0 Å². The molecule has 0 aromatic carbocycles. The van der Waals surface area contributed by atoms with Crippen LogP contribution in [0.25, 0.3) is 0 Å². The zero-order valence-corrected chi connectivity index (χ0v) is 10.0. The normalized spacial score (nSPS) is 23.1. The molecular formula is C11H23N3O. The predicted molar refractivity (Wildman–Crippen MR) is 61.5 cm³/mol. The van der Waals surface area contributed by atoms with Crippen molar-refractivity contribution in [3.63, 3.8) is 0 Å². The van der Waals surface area contributed by atoms with E-state index in [1.165, 1.54) is 0 Å². The molecule has 4 heteroatoms. The molecule has 1 atom stereocenters. The van der Waals surface area contributed by atoms with Gasteiger partial charge in [0, 0.05) is 37.6 Å².